The van der Waals surface area contributed by atoms with Gasteiger partial charge in [0.25, 0.3) is 0 Å². The number of esters is 1. The molecule has 0 saturated heterocycles. The van der Waals surface area contributed by atoms with E-state index in [1.165, 1.54) is 0 Å². The monoisotopic (exact) mass is 324 g/mol. The number of anilines is 1. The van der Waals surface area contributed by atoms with Crippen molar-refractivity contribution in [2.45, 2.75) is 20.3 Å². The molecule has 1 heterocycles. The molecule has 2 aromatic rings. The molecule has 2 N–H and O–H groups in total. The minimum Gasteiger partial charge on any atom is -0.478 e. The Morgan fingerprint density at radius 1 is 1.21 bits per heavy atom. The number of pyridine rings is 1. The molecule has 0 radical (unpaired) electrons. The maximum atomic E-state index is 11.8. The normalized spacial score (nSPS) is 9.75. The lowest BCUT2D eigenvalue weighted by molar-refractivity contribution is 0.0526. The third-order valence-corrected chi connectivity index (χ3v) is 3.10. The van der Waals surface area contributed by atoms with Crippen molar-refractivity contribution in [3.05, 3.63) is 53.2 Å². The lowest BCUT2D eigenvalue weighted by Crippen LogP contribution is -2.05. The van der Waals surface area contributed by atoms with Gasteiger partial charge < -0.3 is 15.2 Å². The van der Waals surface area contributed by atoms with Gasteiger partial charge in [0.05, 0.1) is 18.8 Å². The SMILES string of the molecule is CCCOc1ccc(C#Cc2cc(C(=O)OCC)ccc2N)cn1. The molecule has 0 saturated carbocycles. The molecule has 0 atom stereocenters. The number of carbonyl (C=O) groups excluding carboxylic acids is 1. The Hall–Kier alpha value is -3.00. The number of rotatable bonds is 5. The molecular weight excluding hydrogens is 304 g/mol. The summed E-state index contributed by atoms with van der Waals surface area (Å²) in [7, 11) is 0. The number of benzene rings is 1. The van der Waals surface area contributed by atoms with Crippen LogP contribution in [-0.2, 0) is 4.74 Å². The molecule has 2 rings (SSSR count). The zero-order valence-electron chi connectivity index (χ0n) is 13.8. The highest BCUT2D eigenvalue weighted by molar-refractivity contribution is 5.90. The van der Waals surface area contributed by atoms with Crippen LogP contribution in [0.1, 0.15) is 41.8 Å². The zero-order valence-corrected chi connectivity index (χ0v) is 13.8. The summed E-state index contributed by atoms with van der Waals surface area (Å²) in [4.78, 5) is 16.0. The first-order valence-electron chi connectivity index (χ1n) is 7.81. The Morgan fingerprint density at radius 3 is 2.71 bits per heavy atom. The minimum atomic E-state index is -0.389. The van der Waals surface area contributed by atoms with Gasteiger partial charge >= 0.3 is 5.97 Å². The molecule has 1 aromatic heterocycles. The molecule has 0 aliphatic heterocycles. The first kappa shape index (κ1) is 17.4. The number of nitrogens with zero attached hydrogens (tertiary/aromatic N) is 1. The molecule has 0 aliphatic rings. The molecule has 0 amide bonds. The van der Waals surface area contributed by atoms with E-state index in [1.54, 1.807) is 37.4 Å². The highest BCUT2D eigenvalue weighted by atomic mass is 16.5. The van der Waals surface area contributed by atoms with E-state index in [2.05, 4.69) is 16.8 Å². The second kappa shape index (κ2) is 8.59. The van der Waals surface area contributed by atoms with Crippen LogP contribution < -0.4 is 10.5 Å². The predicted molar refractivity (Wildman–Crippen MR) is 92.8 cm³/mol. The molecule has 124 valence electrons. The Kier molecular flexibility index (Phi) is 6.21. The lowest BCUT2D eigenvalue weighted by Gasteiger charge is -2.04. The molecule has 0 bridgehead atoms. The second-order valence-electron chi connectivity index (χ2n) is 5.01. The van der Waals surface area contributed by atoms with Crippen LogP contribution in [0.15, 0.2) is 36.5 Å². The molecule has 1 aromatic carbocycles. The summed E-state index contributed by atoms with van der Waals surface area (Å²) >= 11 is 0. The van der Waals surface area contributed by atoms with Crippen LogP contribution in [0.4, 0.5) is 5.69 Å². The van der Waals surface area contributed by atoms with E-state index in [-0.39, 0.29) is 5.97 Å². The van der Waals surface area contributed by atoms with E-state index < -0.39 is 0 Å². The Morgan fingerprint density at radius 2 is 2.04 bits per heavy atom. The maximum Gasteiger partial charge on any atom is 0.338 e. The number of hydrogen-bond acceptors (Lipinski definition) is 5. The highest BCUT2D eigenvalue weighted by Gasteiger charge is 2.08. The number of nitrogen functional groups attached to an aromatic ring is 1. The van der Waals surface area contributed by atoms with Crippen molar-refractivity contribution in [1.29, 1.82) is 0 Å². The quantitative estimate of drug-likeness (QED) is 0.520. The standard InChI is InChI=1S/C19H20N2O3/c1-3-11-24-18-10-6-14(13-21-18)5-7-15-12-16(8-9-17(15)20)19(22)23-4-2/h6,8-10,12-13H,3-4,11,20H2,1-2H3. The van der Waals surface area contributed by atoms with Gasteiger partial charge in [-0.05, 0) is 37.6 Å². The molecule has 24 heavy (non-hydrogen) atoms. The van der Waals surface area contributed by atoms with Gasteiger partial charge in [0.2, 0.25) is 5.88 Å². The van der Waals surface area contributed by atoms with Crippen LogP contribution >= 0.6 is 0 Å². The first-order valence-corrected chi connectivity index (χ1v) is 7.81. The van der Waals surface area contributed by atoms with Crippen LogP contribution in [0.5, 0.6) is 5.88 Å². The van der Waals surface area contributed by atoms with Gasteiger partial charge in [-0.25, -0.2) is 9.78 Å². The van der Waals surface area contributed by atoms with E-state index in [1.807, 2.05) is 13.0 Å². The summed E-state index contributed by atoms with van der Waals surface area (Å²) < 4.78 is 10.4. The van der Waals surface area contributed by atoms with E-state index in [9.17, 15) is 4.79 Å². The van der Waals surface area contributed by atoms with Gasteiger partial charge in [0.15, 0.2) is 0 Å². The fraction of sp³-hybridized carbons (Fsp3) is 0.263. The van der Waals surface area contributed by atoms with Crippen LogP contribution in [0.2, 0.25) is 0 Å². The van der Waals surface area contributed by atoms with Crippen molar-refractivity contribution in [3.63, 3.8) is 0 Å². The maximum absolute atomic E-state index is 11.8. The van der Waals surface area contributed by atoms with Gasteiger partial charge in [-0.3, -0.25) is 0 Å². The fourth-order valence-corrected chi connectivity index (χ4v) is 1.89. The second-order valence-corrected chi connectivity index (χ2v) is 5.01. The smallest absolute Gasteiger partial charge is 0.338 e. The number of carbonyl (C=O) groups is 1. The molecule has 0 fully saturated rings. The number of aromatic nitrogens is 1. The Labute approximate surface area is 141 Å². The topological polar surface area (TPSA) is 74.4 Å². The number of hydrogen-bond donors (Lipinski definition) is 1. The van der Waals surface area contributed by atoms with Gasteiger partial charge in [-0.1, -0.05) is 18.8 Å². The van der Waals surface area contributed by atoms with Crippen molar-refractivity contribution in [2.24, 2.45) is 0 Å². The highest BCUT2D eigenvalue weighted by Crippen LogP contribution is 2.14. The molecule has 5 nitrogen and oxygen atoms in total. The van der Waals surface area contributed by atoms with Crippen molar-refractivity contribution < 1.29 is 14.3 Å². The summed E-state index contributed by atoms with van der Waals surface area (Å²) in [5.74, 6) is 6.13. The summed E-state index contributed by atoms with van der Waals surface area (Å²) in [6.45, 7) is 4.75. The number of ether oxygens (including phenoxy) is 2. The average Bonchev–Trinajstić information content (AvgIpc) is 2.60. The van der Waals surface area contributed by atoms with E-state index in [0.717, 1.165) is 12.0 Å². The summed E-state index contributed by atoms with van der Waals surface area (Å²) in [6.07, 6.45) is 2.57. The van der Waals surface area contributed by atoms with Crippen molar-refractivity contribution in [2.75, 3.05) is 18.9 Å². The third-order valence-electron chi connectivity index (χ3n) is 3.10. The van der Waals surface area contributed by atoms with Crippen molar-refractivity contribution >= 4 is 11.7 Å². The summed E-state index contributed by atoms with van der Waals surface area (Å²) in [5.41, 5.74) is 8.16. The summed E-state index contributed by atoms with van der Waals surface area (Å²) in [5, 5.41) is 0. The molecule has 5 heteroatoms. The van der Waals surface area contributed by atoms with Crippen LogP contribution in [-0.4, -0.2) is 24.2 Å². The van der Waals surface area contributed by atoms with Crippen LogP contribution in [0.3, 0.4) is 0 Å². The van der Waals surface area contributed by atoms with Gasteiger partial charge in [0, 0.05) is 29.1 Å². The summed E-state index contributed by atoms with van der Waals surface area (Å²) in [6, 6.07) is 8.51. The van der Waals surface area contributed by atoms with E-state index in [0.29, 0.717) is 35.9 Å². The van der Waals surface area contributed by atoms with E-state index in [4.69, 9.17) is 15.2 Å². The number of nitrogens with two attached hydrogens (primary N) is 1. The van der Waals surface area contributed by atoms with Crippen LogP contribution in [0.25, 0.3) is 0 Å². The van der Waals surface area contributed by atoms with Gasteiger partial charge in [-0.2, -0.15) is 0 Å². The first-order chi connectivity index (χ1) is 11.6. The van der Waals surface area contributed by atoms with Gasteiger partial charge in [0.1, 0.15) is 0 Å². The average molecular weight is 324 g/mol. The zero-order chi connectivity index (χ0) is 17.4. The van der Waals surface area contributed by atoms with Crippen molar-refractivity contribution in [1.82, 2.24) is 4.98 Å². The van der Waals surface area contributed by atoms with E-state index >= 15 is 0 Å². The molecule has 0 unspecified atom stereocenters. The molecule has 0 spiro atoms. The third kappa shape index (κ3) is 4.75. The van der Waals surface area contributed by atoms with Crippen molar-refractivity contribution in [3.8, 4) is 17.7 Å². The molecular formula is C19H20N2O3. The van der Waals surface area contributed by atoms with Gasteiger partial charge in [-0.15, -0.1) is 0 Å². The molecule has 0 aliphatic carbocycles. The largest absolute Gasteiger partial charge is 0.478 e. The Balaban J connectivity index is 2.17. The Bertz CT molecular complexity index is 758. The lowest BCUT2D eigenvalue weighted by atomic mass is 10.1. The minimum absolute atomic E-state index is 0.322. The fourth-order valence-electron chi connectivity index (χ4n) is 1.89. The van der Waals surface area contributed by atoms with Crippen LogP contribution in [0, 0.1) is 11.8 Å². The predicted octanol–water partition coefficient (Wildman–Crippen LogP) is 3.03.